The molecule has 1 spiro atoms. The van der Waals surface area contributed by atoms with E-state index in [4.69, 9.17) is 4.74 Å². The summed E-state index contributed by atoms with van der Waals surface area (Å²) in [7, 11) is 0. The summed E-state index contributed by atoms with van der Waals surface area (Å²) in [5, 5.41) is 0. The number of ether oxygens (including phenoxy) is 1. The first-order valence-corrected chi connectivity index (χ1v) is 9.77. The Morgan fingerprint density at radius 2 is 1.92 bits per heavy atom. The molecule has 3 aliphatic rings. The van der Waals surface area contributed by atoms with E-state index in [1.807, 2.05) is 12.3 Å². The second-order valence-corrected chi connectivity index (χ2v) is 7.92. The average molecular weight is 343 g/mol. The molecule has 5 heteroatoms. The van der Waals surface area contributed by atoms with Crippen molar-refractivity contribution in [3.05, 3.63) is 30.1 Å². The molecule has 0 aliphatic carbocycles. The molecule has 25 heavy (non-hydrogen) atoms. The average Bonchev–Trinajstić information content (AvgIpc) is 3.20. The molecule has 1 aromatic heterocycles. The van der Waals surface area contributed by atoms with E-state index in [2.05, 4.69) is 26.9 Å². The lowest BCUT2D eigenvalue weighted by Gasteiger charge is -2.47. The fourth-order valence-corrected chi connectivity index (χ4v) is 4.58. The van der Waals surface area contributed by atoms with Gasteiger partial charge in [0.15, 0.2) is 0 Å². The lowest BCUT2D eigenvalue weighted by atomic mass is 9.71. The Balaban J connectivity index is 1.26. The van der Waals surface area contributed by atoms with E-state index in [0.29, 0.717) is 5.41 Å². The third-order valence-electron chi connectivity index (χ3n) is 6.37. The highest BCUT2D eigenvalue weighted by Gasteiger charge is 2.40. The number of rotatable bonds is 3. The Morgan fingerprint density at radius 1 is 1.16 bits per heavy atom. The van der Waals surface area contributed by atoms with E-state index < -0.39 is 0 Å². The van der Waals surface area contributed by atoms with Gasteiger partial charge in [0.1, 0.15) is 6.10 Å². The lowest BCUT2D eigenvalue weighted by molar-refractivity contribution is -0.143. The molecule has 0 radical (unpaired) electrons. The summed E-state index contributed by atoms with van der Waals surface area (Å²) in [4.78, 5) is 21.5. The maximum atomic E-state index is 12.5. The van der Waals surface area contributed by atoms with Crippen molar-refractivity contribution in [2.75, 3.05) is 32.8 Å². The minimum atomic E-state index is -0.158. The van der Waals surface area contributed by atoms with Crippen molar-refractivity contribution < 1.29 is 9.53 Å². The first-order chi connectivity index (χ1) is 12.2. The highest BCUT2D eigenvalue weighted by Crippen LogP contribution is 2.41. The van der Waals surface area contributed by atoms with Gasteiger partial charge in [0.25, 0.3) is 5.91 Å². The maximum absolute atomic E-state index is 12.5. The molecule has 0 saturated carbocycles. The minimum absolute atomic E-state index is 0.158. The van der Waals surface area contributed by atoms with Crippen LogP contribution >= 0.6 is 0 Å². The van der Waals surface area contributed by atoms with Gasteiger partial charge in [-0.2, -0.15) is 0 Å². The highest BCUT2D eigenvalue weighted by atomic mass is 16.5. The van der Waals surface area contributed by atoms with Crippen LogP contribution < -0.4 is 0 Å². The number of piperidine rings is 2. The molecular formula is C20H29N3O2. The summed E-state index contributed by atoms with van der Waals surface area (Å²) in [5.41, 5.74) is 1.61. The number of pyridine rings is 1. The Morgan fingerprint density at radius 3 is 2.56 bits per heavy atom. The van der Waals surface area contributed by atoms with Gasteiger partial charge in [-0.25, -0.2) is 0 Å². The molecule has 1 amide bonds. The van der Waals surface area contributed by atoms with Crippen molar-refractivity contribution in [3.8, 4) is 0 Å². The van der Waals surface area contributed by atoms with Crippen LogP contribution in [-0.4, -0.2) is 59.6 Å². The topological polar surface area (TPSA) is 45.7 Å². The molecule has 5 nitrogen and oxygen atoms in total. The Hall–Kier alpha value is -1.46. The van der Waals surface area contributed by atoms with Gasteiger partial charge in [0.2, 0.25) is 0 Å². The van der Waals surface area contributed by atoms with Crippen molar-refractivity contribution in [1.29, 1.82) is 0 Å². The Labute approximate surface area is 150 Å². The van der Waals surface area contributed by atoms with Crippen LogP contribution in [0.25, 0.3) is 0 Å². The number of nitrogens with zero attached hydrogens (tertiary/aromatic N) is 3. The summed E-state index contributed by atoms with van der Waals surface area (Å²) in [6, 6.07) is 6.15. The molecule has 3 saturated heterocycles. The van der Waals surface area contributed by atoms with Gasteiger partial charge >= 0.3 is 0 Å². The number of carbonyl (C=O) groups is 1. The number of hydrogen-bond donors (Lipinski definition) is 0. The van der Waals surface area contributed by atoms with Crippen LogP contribution in [0.2, 0.25) is 0 Å². The van der Waals surface area contributed by atoms with E-state index in [-0.39, 0.29) is 12.0 Å². The molecule has 4 rings (SSSR count). The predicted octanol–water partition coefficient (Wildman–Crippen LogP) is 2.47. The third kappa shape index (κ3) is 3.87. The van der Waals surface area contributed by atoms with Gasteiger partial charge < -0.3 is 9.64 Å². The summed E-state index contributed by atoms with van der Waals surface area (Å²) >= 11 is 0. The first-order valence-electron chi connectivity index (χ1n) is 9.77. The SMILES string of the molecule is O=C([C@H]1CCCO1)N1CCC2(CCN(Cc3ccccn3)CC2)CC1. The predicted molar refractivity (Wildman–Crippen MR) is 96.0 cm³/mol. The molecule has 1 aromatic rings. The number of likely N-dealkylation sites (tertiary alicyclic amines) is 2. The van der Waals surface area contributed by atoms with Crippen LogP contribution in [0.15, 0.2) is 24.4 Å². The lowest BCUT2D eigenvalue weighted by Crippen LogP contribution is -2.50. The number of amides is 1. The number of hydrogen-bond acceptors (Lipinski definition) is 4. The van der Waals surface area contributed by atoms with E-state index in [1.54, 1.807) is 0 Å². The van der Waals surface area contributed by atoms with E-state index in [1.165, 1.54) is 12.8 Å². The van der Waals surface area contributed by atoms with Crippen LogP contribution in [0.5, 0.6) is 0 Å². The van der Waals surface area contributed by atoms with Crippen LogP contribution in [0.1, 0.15) is 44.2 Å². The molecular weight excluding hydrogens is 314 g/mol. The largest absolute Gasteiger partial charge is 0.368 e. The van der Waals surface area contributed by atoms with E-state index >= 15 is 0 Å². The highest BCUT2D eigenvalue weighted by molar-refractivity contribution is 5.81. The van der Waals surface area contributed by atoms with Crippen molar-refractivity contribution in [3.63, 3.8) is 0 Å². The fourth-order valence-electron chi connectivity index (χ4n) is 4.58. The van der Waals surface area contributed by atoms with Gasteiger partial charge in [-0.3, -0.25) is 14.7 Å². The van der Waals surface area contributed by atoms with Crippen molar-refractivity contribution in [2.24, 2.45) is 5.41 Å². The monoisotopic (exact) mass is 343 g/mol. The zero-order valence-electron chi connectivity index (χ0n) is 15.0. The van der Waals surface area contributed by atoms with Gasteiger partial charge in [0.05, 0.1) is 5.69 Å². The smallest absolute Gasteiger partial charge is 0.251 e. The van der Waals surface area contributed by atoms with Gasteiger partial charge in [0, 0.05) is 32.4 Å². The van der Waals surface area contributed by atoms with E-state index in [9.17, 15) is 4.79 Å². The summed E-state index contributed by atoms with van der Waals surface area (Å²) in [6.45, 7) is 5.84. The minimum Gasteiger partial charge on any atom is -0.368 e. The van der Waals surface area contributed by atoms with Gasteiger partial charge in [-0.05, 0) is 69.2 Å². The molecule has 4 heterocycles. The van der Waals surface area contributed by atoms with Crippen LogP contribution in [0.4, 0.5) is 0 Å². The number of aromatic nitrogens is 1. The van der Waals surface area contributed by atoms with E-state index in [0.717, 1.165) is 70.7 Å². The van der Waals surface area contributed by atoms with Crippen molar-refractivity contribution >= 4 is 5.91 Å². The van der Waals surface area contributed by atoms with Crippen molar-refractivity contribution in [2.45, 2.75) is 51.2 Å². The zero-order chi connectivity index (χ0) is 17.1. The number of carbonyl (C=O) groups excluding carboxylic acids is 1. The van der Waals surface area contributed by atoms with Crippen LogP contribution in [0.3, 0.4) is 0 Å². The standard InChI is InChI=1S/C20H29N3O2/c24-19(18-5-3-15-25-18)23-13-8-20(9-14-23)6-11-22(12-7-20)16-17-4-1-2-10-21-17/h1-2,4,10,18H,3,5-9,11-16H2/t18-/m1/s1. The quantitative estimate of drug-likeness (QED) is 0.846. The van der Waals surface area contributed by atoms with Crippen LogP contribution in [0, 0.1) is 5.41 Å². The maximum Gasteiger partial charge on any atom is 0.251 e. The molecule has 0 unspecified atom stereocenters. The molecule has 3 aliphatic heterocycles. The third-order valence-corrected chi connectivity index (χ3v) is 6.37. The second-order valence-electron chi connectivity index (χ2n) is 7.92. The summed E-state index contributed by atoms with van der Waals surface area (Å²) in [5.74, 6) is 0.236. The molecule has 3 fully saturated rings. The molecule has 0 N–H and O–H groups in total. The molecule has 1 atom stereocenters. The van der Waals surface area contributed by atoms with Crippen LogP contribution in [-0.2, 0) is 16.1 Å². The Kier molecular flexibility index (Phi) is 5.04. The summed E-state index contributed by atoms with van der Waals surface area (Å²) in [6.07, 6.45) is 8.47. The Bertz CT molecular complexity index is 568. The molecule has 0 bridgehead atoms. The normalized spacial score (nSPS) is 26.9. The van der Waals surface area contributed by atoms with Gasteiger partial charge in [-0.15, -0.1) is 0 Å². The second kappa shape index (κ2) is 7.42. The first kappa shape index (κ1) is 17.0. The summed E-state index contributed by atoms with van der Waals surface area (Å²) < 4.78 is 5.57. The molecule has 0 aromatic carbocycles. The van der Waals surface area contributed by atoms with Crippen molar-refractivity contribution in [1.82, 2.24) is 14.8 Å². The zero-order valence-corrected chi connectivity index (χ0v) is 15.0. The molecule has 136 valence electrons. The fraction of sp³-hybridized carbons (Fsp3) is 0.700. The van der Waals surface area contributed by atoms with Gasteiger partial charge in [-0.1, -0.05) is 6.07 Å².